The van der Waals surface area contributed by atoms with Crippen molar-refractivity contribution in [1.29, 1.82) is 0 Å². The van der Waals surface area contributed by atoms with E-state index >= 15 is 0 Å². The number of carboxylic acids is 1. The lowest BCUT2D eigenvalue weighted by Gasteiger charge is -2.40. The zero-order valence-electron chi connectivity index (χ0n) is 25.7. The second kappa shape index (κ2) is 17.6. The van der Waals surface area contributed by atoms with Crippen molar-refractivity contribution in [2.24, 2.45) is 0 Å². The number of aliphatic carboxylic acids is 1. The standard InChI is InChI=1S/C14H19F2N3O2.C12H14F2N2O2.C2H7NO.CH4.ClH/c1-10-17-8-11(9-18-10)13(12(20)19(2)21-3)4-6-14(15,16)7-5-13;1-8-15-6-9(7-16-8)11(10(17)18)2-4-12(13,14)5-3-11;1-3-4-2;;/h8-9H,4-7H2,1-3H3;6-7H,2-5H2,1H3,(H,17,18);3H,1-2H3;1H4;1H. The highest BCUT2D eigenvalue weighted by molar-refractivity contribution is 5.87. The van der Waals surface area contributed by atoms with Crippen molar-refractivity contribution in [2.45, 2.75) is 95.3 Å². The number of nitrogens with zero attached hydrogens (tertiary/aromatic N) is 5. The zero-order chi connectivity index (χ0) is 32.5. The monoisotopic (exact) mass is 668 g/mol. The Balaban J connectivity index is 0.000000745. The first-order chi connectivity index (χ1) is 20.1. The number of carboxylic acid groups (broad SMARTS) is 1. The molecule has 0 aliphatic heterocycles. The number of hydrogen-bond acceptors (Lipinski definition) is 9. The van der Waals surface area contributed by atoms with Crippen LogP contribution in [0, 0.1) is 13.8 Å². The van der Waals surface area contributed by atoms with E-state index in [1.165, 1.54) is 26.6 Å². The van der Waals surface area contributed by atoms with Gasteiger partial charge < -0.3 is 9.94 Å². The first kappa shape index (κ1) is 42.0. The van der Waals surface area contributed by atoms with Gasteiger partial charge in [0.25, 0.3) is 5.91 Å². The van der Waals surface area contributed by atoms with E-state index in [9.17, 15) is 32.3 Å². The Bertz CT molecular complexity index is 1190. The highest BCUT2D eigenvalue weighted by Gasteiger charge is 2.51. The third-order valence-electron chi connectivity index (χ3n) is 7.92. The molecule has 1 amide bonds. The quantitative estimate of drug-likeness (QED) is 0.304. The Morgan fingerprint density at radius 1 is 0.778 bits per heavy atom. The van der Waals surface area contributed by atoms with Crippen LogP contribution in [-0.2, 0) is 30.1 Å². The van der Waals surface area contributed by atoms with E-state index in [0.717, 1.165) is 5.06 Å². The highest BCUT2D eigenvalue weighted by atomic mass is 35.5. The van der Waals surface area contributed by atoms with Gasteiger partial charge in [0.05, 0.1) is 25.0 Å². The van der Waals surface area contributed by atoms with Crippen LogP contribution in [0.2, 0.25) is 0 Å². The molecule has 2 saturated carbocycles. The van der Waals surface area contributed by atoms with E-state index in [1.54, 1.807) is 40.4 Å². The average Bonchev–Trinajstić information content (AvgIpc) is 2.98. The Kier molecular flexibility index (Phi) is 16.4. The number of hydroxylamine groups is 3. The van der Waals surface area contributed by atoms with Gasteiger partial charge in [0.15, 0.2) is 0 Å². The van der Waals surface area contributed by atoms with Crippen molar-refractivity contribution in [1.82, 2.24) is 30.5 Å². The number of rotatable bonds is 6. The molecular weight excluding hydrogens is 624 g/mol. The number of carbonyl (C=O) groups excluding carboxylic acids is 1. The number of likely N-dealkylation sites (N-methyl/N-ethyl adjacent to an activating group) is 1. The molecule has 2 N–H and O–H groups in total. The van der Waals surface area contributed by atoms with Gasteiger partial charge in [-0.15, -0.1) is 12.4 Å². The van der Waals surface area contributed by atoms with Gasteiger partial charge in [-0.05, 0) is 39.5 Å². The van der Waals surface area contributed by atoms with E-state index in [0.29, 0.717) is 22.8 Å². The highest BCUT2D eigenvalue weighted by Crippen LogP contribution is 2.47. The summed E-state index contributed by atoms with van der Waals surface area (Å²) >= 11 is 0. The predicted molar refractivity (Wildman–Crippen MR) is 161 cm³/mol. The Labute approximate surface area is 267 Å². The fraction of sp³-hybridized carbons (Fsp3) is 0.655. The molecule has 2 aliphatic rings. The van der Waals surface area contributed by atoms with Crippen LogP contribution in [0.3, 0.4) is 0 Å². The second-order valence-electron chi connectivity index (χ2n) is 10.6. The fourth-order valence-electron chi connectivity index (χ4n) is 5.00. The summed E-state index contributed by atoms with van der Waals surface area (Å²) in [4.78, 5) is 49.5. The molecule has 0 aromatic carbocycles. The predicted octanol–water partition coefficient (Wildman–Crippen LogP) is 5.39. The third kappa shape index (κ3) is 10.8. The van der Waals surface area contributed by atoms with Crippen molar-refractivity contribution in [3.8, 4) is 0 Å². The van der Waals surface area contributed by atoms with Gasteiger partial charge >= 0.3 is 5.97 Å². The minimum Gasteiger partial charge on any atom is -0.481 e. The molecule has 0 radical (unpaired) electrons. The van der Waals surface area contributed by atoms with Gasteiger partial charge in [-0.2, -0.15) is 0 Å². The lowest BCUT2D eigenvalue weighted by molar-refractivity contribution is -0.179. The van der Waals surface area contributed by atoms with Crippen molar-refractivity contribution in [3.05, 3.63) is 47.6 Å². The maximum atomic E-state index is 13.5. The lowest BCUT2D eigenvalue weighted by Crippen LogP contribution is -2.49. The third-order valence-corrected chi connectivity index (χ3v) is 7.92. The summed E-state index contributed by atoms with van der Waals surface area (Å²) in [5, 5.41) is 10.5. The Hall–Kier alpha value is -3.01. The summed E-state index contributed by atoms with van der Waals surface area (Å²) < 4.78 is 53.3. The number of hydrogen-bond donors (Lipinski definition) is 2. The summed E-state index contributed by atoms with van der Waals surface area (Å²) in [6.45, 7) is 3.42. The summed E-state index contributed by atoms with van der Waals surface area (Å²) in [6.07, 6.45) is 4.43. The van der Waals surface area contributed by atoms with Crippen LogP contribution in [0.15, 0.2) is 24.8 Å². The van der Waals surface area contributed by atoms with E-state index in [1.807, 2.05) is 0 Å². The number of carbonyl (C=O) groups is 2. The fourth-order valence-corrected chi connectivity index (χ4v) is 5.00. The molecule has 2 aromatic rings. The summed E-state index contributed by atoms with van der Waals surface area (Å²) in [5.74, 6) is -5.80. The zero-order valence-corrected chi connectivity index (χ0v) is 26.5. The van der Waals surface area contributed by atoms with Gasteiger partial charge in [0.2, 0.25) is 11.8 Å². The van der Waals surface area contributed by atoms with Gasteiger partial charge in [0.1, 0.15) is 11.6 Å². The van der Waals surface area contributed by atoms with E-state index < -0.39 is 41.5 Å². The molecular formula is C29H45ClF4N6O5. The first-order valence-corrected chi connectivity index (χ1v) is 13.7. The number of alkyl halides is 4. The van der Waals surface area contributed by atoms with Crippen LogP contribution in [-0.4, -0.2) is 82.1 Å². The van der Waals surface area contributed by atoms with Gasteiger partial charge in [-0.25, -0.2) is 48.0 Å². The van der Waals surface area contributed by atoms with Gasteiger partial charge in [-0.3, -0.25) is 14.4 Å². The first-order valence-electron chi connectivity index (χ1n) is 13.7. The van der Waals surface area contributed by atoms with E-state index in [4.69, 9.17) is 4.84 Å². The maximum Gasteiger partial charge on any atom is 0.314 e. The van der Waals surface area contributed by atoms with Crippen molar-refractivity contribution >= 4 is 24.3 Å². The molecule has 4 rings (SSSR count). The van der Waals surface area contributed by atoms with Crippen LogP contribution in [0.5, 0.6) is 0 Å². The van der Waals surface area contributed by atoms with Gasteiger partial charge in [0, 0.05) is 75.7 Å². The summed E-state index contributed by atoms with van der Waals surface area (Å²) in [7, 11) is 6.13. The number of aryl methyl sites for hydroxylation is 2. The van der Waals surface area contributed by atoms with Gasteiger partial charge in [-0.1, -0.05) is 7.43 Å². The topological polar surface area (TPSA) is 140 Å². The molecule has 0 saturated heterocycles. The van der Waals surface area contributed by atoms with Crippen molar-refractivity contribution < 1.29 is 41.9 Å². The van der Waals surface area contributed by atoms with Crippen LogP contribution in [0.25, 0.3) is 0 Å². The maximum absolute atomic E-state index is 13.5. The molecule has 0 spiro atoms. The number of halogens is 5. The summed E-state index contributed by atoms with van der Waals surface area (Å²) in [5.41, 5.74) is 1.10. The molecule has 2 heterocycles. The normalized spacial score (nSPS) is 18.6. The minimum atomic E-state index is -2.76. The van der Waals surface area contributed by atoms with Crippen LogP contribution in [0.4, 0.5) is 17.6 Å². The van der Waals surface area contributed by atoms with Crippen molar-refractivity contribution in [2.75, 3.05) is 28.3 Å². The molecule has 2 fully saturated rings. The lowest BCUT2D eigenvalue weighted by atomic mass is 9.68. The molecule has 16 heteroatoms. The Morgan fingerprint density at radius 3 is 1.38 bits per heavy atom. The van der Waals surface area contributed by atoms with Crippen molar-refractivity contribution in [3.63, 3.8) is 0 Å². The average molecular weight is 669 g/mol. The molecule has 256 valence electrons. The molecule has 45 heavy (non-hydrogen) atoms. The largest absolute Gasteiger partial charge is 0.481 e. The SMILES string of the molecule is C.CNOC.CON(C)C(=O)C1(c2cnc(C)nc2)CCC(F)(F)CC1.Cc1ncc(C2(C(=O)O)CCC(F)(F)CC2)cn1.Cl. The molecule has 11 nitrogen and oxygen atoms in total. The summed E-state index contributed by atoms with van der Waals surface area (Å²) in [6, 6.07) is 0. The number of nitrogens with one attached hydrogen (secondary N) is 1. The van der Waals surface area contributed by atoms with E-state index in [2.05, 4.69) is 30.3 Å². The molecule has 0 unspecified atom stereocenters. The smallest absolute Gasteiger partial charge is 0.314 e. The number of amides is 1. The molecule has 2 aromatic heterocycles. The van der Waals surface area contributed by atoms with E-state index in [-0.39, 0.29) is 64.3 Å². The van der Waals surface area contributed by atoms with Crippen LogP contribution < -0.4 is 5.48 Å². The number of aromatic nitrogens is 4. The Morgan fingerprint density at radius 2 is 1.09 bits per heavy atom. The minimum absolute atomic E-state index is 0. The molecule has 0 bridgehead atoms. The second-order valence-corrected chi connectivity index (χ2v) is 10.6. The van der Waals surface area contributed by atoms with Crippen LogP contribution >= 0.6 is 12.4 Å². The van der Waals surface area contributed by atoms with Crippen LogP contribution in [0.1, 0.15) is 81.6 Å². The molecule has 0 atom stereocenters. The molecule has 2 aliphatic carbocycles.